The van der Waals surface area contributed by atoms with Crippen molar-refractivity contribution in [3.63, 3.8) is 0 Å². The Morgan fingerprint density at radius 1 is 1.19 bits per heavy atom. The summed E-state index contributed by atoms with van der Waals surface area (Å²) in [6, 6.07) is 7.67. The van der Waals surface area contributed by atoms with Crippen LogP contribution in [0.25, 0.3) is 0 Å². The van der Waals surface area contributed by atoms with Gasteiger partial charge in [-0.05, 0) is 31.9 Å². The highest BCUT2D eigenvalue weighted by Crippen LogP contribution is 2.25. The molecule has 0 radical (unpaired) electrons. The van der Waals surface area contributed by atoms with Gasteiger partial charge in [-0.1, -0.05) is 17.7 Å². The first-order chi connectivity index (χ1) is 12.6. The minimum absolute atomic E-state index is 0.0841. The molecule has 2 fully saturated rings. The van der Waals surface area contributed by atoms with Gasteiger partial charge in [-0.3, -0.25) is 9.59 Å². The molecule has 142 valence electrons. The number of nitrogens with one attached hydrogen (secondary N) is 1. The third-order valence-electron chi connectivity index (χ3n) is 4.64. The van der Waals surface area contributed by atoms with E-state index in [4.69, 9.17) is 9.47 Å². The lowest BCUT2D eigenvalue weighted by Gasteiger charge is -2.34. The molecule has 1 N–H and O–H groups in total. The van der Waals surface area contributed by atoms with Gasteiger partial charge in [0.05, 0.1) is 24.7 Å². The van der Waals surface area contributed by atoms with E-state index < -0.39 is 0 Å². The Bertz CT molecular complexity index is 616. The summed E-state index contributed by atoms with van der Waals surface area (Å²) in [5.74, 6) is 0.841. The van der Waals surface area contributed by atoms with Gasteiger partial charge >= 0.3 is 0 Å². The predicted octanol–water partition coefficient (Wildman–Crippen LogP) is 2.28. The van der Waals surface area contributed by atoms with Crippen LogP contribution < -0.4 is 5.32 Å². The lowest BCUT2D eigenvalue weighted by atomic mass is 9.97. The molecule has 0 spiro atoms. The van der Waals surface area contributed by atoms with Crippen molar-refractivity contribution in [3.05, 3.63) is 29.8 Å². The number of amides is 2. The summed E-state index contributed by atoms with van der Waals surface area (Å²) in [6.45, 7) is 4.74. The highest BCUT2D eigenvalue weighted by Gasteiger charge is 2.32. The number of thioether (sulfide) groups is 1. The number of hydrogen-bond donors (Lipinski definition) is 1. The van der Waals surface area contributed by atoms with Crippen LogP contribution in [0.4, 0.5) is 5.69 Å². The first kappa shape index (κ1) is 19.2. The van der Waals surface area contributed by atoms with Crippen molar-refractivity contribution >= 4 is 29.3 Å². The first-order valence-electron chi connectivity index (χ1n) is 9.07. The van der Waals surface area contributed by atoms with Gasteiger partial charge in [0.25, 0.3) is 0 Å². The third kappa shape index (κ3) is 5.46. The minimum atomic E-state index is -0.168. The molecule has 1 aromatic rings. The van der Waals surface area contributed by atoms with Gasteiger partial charge < -0.3 is 19.7 Å². The molecular weight excluding hydrogens is 352 g/mol. The van der Waals surface area contributed by atoms with E-state index in [2.05, 4.69) is 5.32 Å². The number of ether oxygens (including phenoxy) is 2. The molecule has 0 saturated carbocycles. The van der Waals surface area contributed by atoms with E-state index >= 15 is 0 Å². The van der Waals surface area contributed by atoms with E-state index in [9.17, 15) is 9.59 Å². The summed E-state index contributed by atoms with van der Waals surface area (Å²) in [5, 5.41) is 2.85. The van der Waals surface area contributed by atoms with Crippen molar-refractivity contribution in [1.82, 2.24) is 4.90 Å². The molecule has 7 heteroatoms. The third-order valence-corrected chi connectivity index (χ3v) is 5.55. The van der Waals surface area contributed by atoms with Crippen molar-refractivity contribution < 1.29 is 19.1 Å². The highest BCUT2D eigenvalue weighted by molar-refractivity contribution is 8.00. The molecule has 26 heavy (non-hydrogen) atoms. The number of piperidine rings is 1. The first-order valence-corrected chi connectivity index (χ1v) is 10.2. The van der Waals surface area contributed by atoms with Crippen LogP contribution in [-0.2, 0) is 19.1 Å². The van der Waals surface area contributed by atoms with Crippen LogP contribution in [0.3, 0.4) is 0 Å². The summed E-state index contributed by atoms with van der Waals surface area (Å²) in [5.41, 5.74) is 1.93. The number of nitrogens with zero attached hydrogens (tertiary/aromatic N) is 1. The van der Waals surface area contributed by atoms with Crippen molar-refractivity contribution in [2.75, 3.05) is 43.1 Å². The largest absolute Gasteiger partial charge is 0.350 e. The number of likely N-dealkylation sites (tertiary alicyclic amines) is 1. The van der Waals surface area contributed by atoms with Gasteiger partial charge in [-0.15, -0.1) is 11.8 Å². The number of aryl methyl sites for hydroxylation is 1. The van der Waals surface area contributed by atoms with Gasteiger partial charge in [-0.25, -0.2) is 0 Å². The fourth-order valence-electron chi connectivity index (χ4n) is 3.26. The normalized spacial score (nSPS) is 21.0. The minimum Gasteiger partial charge on any atom is -0.350 e. The van der Waals surface area contributed by atoms with E-state index in [0.29, 0.717) is 25.5 Å². The monoisotopic (exact) mass is 378 g/mol. The lowest BCUT2D eigenvalue weighted by Crippen LogP contribution is -2.44. The Morgan fingerprint density at radius 2 is 1.92 bits per heavy atom. The van der Waals surface area contributed by atoms with Crippen LogP contribution in [-0.4, -0.2) is 60.8 Å². The van der Waals surface area contributed by atoms with Crippen LogP contribution in [0.15, 0.2) is 24.3 Å². The second-order valence-electron chi connectivity index (χ2n) is 6.76. The zero-order valence-electron chi connectivity index (χ0n) is 15.1. The molecule has 6 nitrogen and oxygen atoms in total. The second kappa shape index (κ2) is 9.39. The molecule has 1 unspecified atom stereocenters. The maximum absolute atomic E-state index is 12.4. The van der Waals surface area contributed by atoms with Crippen molar-refractivity contribution in [3.8, 4) is 0 Å². The van der Waals surface area contributed by atoms with E-state index in [1.165, 1.54) is 11.8 Å². The average molecular weight is 378 g/mol. The zero-order valence-corrected chi connectivity index (χ0v) is 15.9. The maximum atomic E-state index is 12.4. The molecule has 0 bridgehead atoms. The lowest BCUT2D eigenvalue weighted by molar-refractivity contribution is -0.136. The molecule has 0 aliphatic carbocycles. The number of benzene rings is 1. The summed E-state index contributed by atoms with van der Waals surface area (Å²) in [7, 11) is 0. The fourth-order valence-corrected chi connectivity index (χ4v) is 3.98. The summed E-state index contributed by atoms with van der Waals surface area (Å²) in [4.78, 5) is 26.3. The molecule has 3 rings (SSSR count). The topological polar surface area (TPSA) is 67.9 Å². The molecule has 1 aromatic carbocycles. The summed E-state index contributed by atoms with van der Waals surface area (Å²) in [6.07, 6.45) is 1.83. The maximum Gasteiger partial charge on any atom is 0.234 e. The van der Waals surface area contributed by atoms with Crippen molar-refractivity contribution in [2.45, 2.75) is 26.1 Å². The summed E-state index contributed by atoms with van der Waals surface area (Å²) < 4.78 is 11.2. The van der Waals surface area contributed by atoms with E-state index in [1.807, 2.05) is 36.1 Å². The van der Waals surface area contributed by atoms with Crippen molar-refractivity contribution in [1.29, 1.82) is 0 Å². The Kier molecular flexibility index (Phi) is 6.93. The van der Waals surface area contributed by atoms with E-state index in [1.54, 1.807) is 0 Å². The molecule has 2 saturated heterocycles. The SMILES string of the molecule is Cc1ccc(NC(=O)CSCC(=O)N2CCCC(C3OCCO3)C2)cc1. The second-order valence-corrected chi connectivity index (χ2v) is 7.74. The predicted molar refractivity (Wildman–Crippen MR) is 102 cm³/mol. The van der Waals surface area contributed by atoms with Crippen LogP contribution in [0, 0.1) is 12.8 Å². The number of anilines is 1. The number of carbonyl (C=O) groups is 2. The van der Waals surface area contributed by atoms with E-state index in [0.717, 1.165) is 30.6 Å². The molecular formula is C19H26N2O4S. The van der Waals surface area contributed by atoms with Gasteiger partial charge in [0.2, 0.25) is 11.8 Å². The van der Waals surface area contributed by atoms with Crippen LogP contribution >= 0.6 is 11.8 Å². The zero-order chi connectivity index (χ0) is 18.4. The number of hydrogen-bond acceptors (Lipinski definition) is 5. The standard InChI is InChI=1S/C19H26N2O4S/c1-14-4-6-16(7-5-14)20-17(22)12-26-13-18(23)21-8-2-3-15(11-21)19-24-9-10-25-19/h4-7,15,19H,2-3,8-13H2,1H3,(H,20,22). The van der Waals surface area contributed by atoms with Crippen LogP contribution in [0.1, 0.15) is 18.4 Å². The number of carbonyl (C=O) groups excluding carboxylic acids is 2. The van der Waals surface area contributed by atoms with Crippen molar-refractivity contribution in [2.24, 2.45) is 5.92 Å². The Labute approximate surface area is 158 Å². The number of rotatable bonds is 6. The Hall–Kier alpha value is -1.57. The molecule has 1 atom stereocenters. The average Bonchev–Trinajstić information content (AvgIpc) is 3.18. The molecule has 2 aliphatic rings. The Morgan fingerprint density at radius 3 is 2.65 bits per heavy atom. The van der Waals surface area contributed by atoms with Gasteiger partial charge in [0, 0.05) is 24.7 Å². The molecule has 2 amide bonds. The van der Waals surface area contributed by atoms with Gasteiger partial charge in [0.15, 0.2) is 6.29 Å². The van der Waals surface area contributed by atoms with Gasteiger partial charge in [0.1, 0.15) is 0 Å². The molecule has 0 aromatic heterocycles. The Balaban J connectivity index is 1.37. The fraction of sp³-hybridized carbons (Fsp3) is 0.579. The highest BCUT2D eigenvalue weighted by atomic mass is 32.2. The quantitative estimate of drug-likeness (QED) is 0.823. The molecule has 2 aliphatic heterocycles. The van der Waals surface area contributed by atoms with E-state index in [-0.39, 0.29) is 29.8 Å². The van der Waals surface area contributed by atoms with Crippen LogP contribution in [0.2, 0.25) is 0 Å². The van der Waals surface area contributed by atoms with Crippen LogP contribution in [0.5, 0.6) is 0 Å². The summed E-state index contributed by atoms with van der Waals surface area (Å²) >= 11 is 1.35. The smallest absolute Gasteiger partial charge is 0.234 e. The molecule has 2 heterocycles. The van der Waals surface area contributed by atoms with Gasteiger partial charge in [-0.2, -0.15) is 0 Å².